The van der Waals surface area contributed by atoms with Gasteiger partial charge in [-0.1, -0.05) is 17.7 Å². The molecular formula is C29H27ClF3N5O3S. The van der Waals surface area contributed by atoms with Crippen LogP contribution >= 0.6 is 22.9 Å². The summed E-state index contributed by atoms with van der Waals surface area (Å²) in [5.74, 6) is -1.38. The first-order valence-corrected chi connectivity index (χ1v) is 14.9. The summed E-state index contributed by atoms with van der Waals surface area (Å²) in [6.07, 6.45) is 0.704. The van der Waals surface area contributed by atoms with Crippen LogP contribution in [0.4, 0.5) is 18.9 Å². The van der Waals surface area contributed by atoms with Crippen molar-refractivity contribution in [1.29, 1.82) is 0 Å². The van der Waals surface area contributed by atoms with Gasteiger partial charge in [0.15, 0.2) is 0 Å². The summed E-state index contributed by atoms with van der Waals surface area (Å²) in [5, 5.41) is 5.40. The van der Waals surface area contributed by atoms with Crippen molar-refractivity contribution in [3.63, 3.8) is 0 Å². The Morgan fingerprint density at radius 1 is 1.19 bits per heavy atom. The third-order valence-electron chi connectivity index (χ3n) is 8.43. The highest BCUT2D eigenvalue weighted by molar-refractivity contribution is 7.09. The second-order valence-corrected chi connectivity index (χ2v) is 12.6. The Balaban J connectivity index is 1.11. The lowest BCUT2D eigenvalue weighted by Crippen LogP contribution is -2.65. The van der Waals surface area contributed by atoms with Crippen LogP contribution in [-0.2, 0) is 10.2 Å². The Kier molecular flexibility index (Phi) is 7.46. The molecule has 2 fully saturated rings. The van der Waals surface area contributed by atoms with E-state index in [1.807, 2.05) is 6.92 Å². The maximum absolute atomic E-state index is 14.3. The van der Waals surface area contributed by atoms with Gasteiger partial charge in [0.2, 0.25) is 5.91 Å². The van der Waals surface area contributed by atoms with Gasteiger partial charge in [0.25, 0.3) is 18.2 Å². The van der Waals surface area contributed by atoms with Crippen LogP contribution in [0.5, 0.6) is 0 Å². The first-order chi connectivity index (χ1) is 20.1. The van der Waals surface area contributed by atoms with Crippen LogP contribution in [0, 0.1) is 18.7 Å². The number of alkyl halides is 2. The third kappa shape index (κ3) is 5.04. The molecule has 220 valence electrons. The summed E-state index contributed by atoms with van der Waals surface area (Å²) in [7, 11) is 0. The first-order valence-electron chi connectivity index (χ1n) is 13.6. The fourth-order valence-electron chi connectivity index (χ4n) is 6.29. The van der Waals surface area contributed by atoms with Crippen molar-refractivity contribution in [2.75, 3.05) is 24.5 Å². The van der Waals surface area contributed by atoms with E-state index in [1.165, 1.54) is 29.5 Å². The molecule has 6 rings (SSSR count). The molecule has 3 aromatic rings. The number of amides is 3. The molecule has 0 radical (unpaired) electrons. The number of anilines is 1. The van der Waals surface area contributed by atoms with Crippen LogP contribution in [-0.4, -0.2) is 58.3 Å². The summed E-state index contributed by atoms with van der Waals surface area (Å²) in [4.78, 5) is 50.7. The highest BCUT2D eigenvalue weighted by atomic mass is 35.5. The number of nitrogens with one attached hydrogen (secondary N) is 1. The van der Waals surface area contributed by atoms with Crippen molar-refractivity contribution < 1.29 is 27.6 Å². The molecule has 1 aliphatic carbocycles. The number of carbonyl (C=O) groups is 3. The molecule has 4 heterocycles. The maximum atomic E-state index is 14.3. The molecule has 1 aromatic carbocycles. The number of benzene rings is 1. The molecule has 0 atom stereocenters. The van der Waals surface area contributed by atoms with Gasteiger partial charge < -0.3 is 15.1 Å². The van der Waals surface area contributed by atoms with Gasteiger partial charge in [-0.05, 0) is 62.3 Å². The number of aromatic nitrogens is 2. The fraction of sp³-hybridized carbons (Fsp3) is 0.414. The van der Waals surface area contributed by atoms with Crippen LogP contribution in [0.15, 0.2) is 35.8 Å². The first kappa shape index (κ1) is 28.6. The molecule has 42 heavy (non-hydrogen) atoms. The summed E-state index contributed by atoms with van der Waals surface area (Å²) in [5.41, 5.74) is -0.171. The monoisotopic (exact) mass is 617 g/mol. The minimum absolute atomic E-state index is 0.0913. The minimum atomic E-state index is -2.91. The van der Waals surface area contributed by atoms with Gasteiger partial charge in [0.05, 0.1) is 21.3 Å². The number of fused-ring (bicyclic) bond motifs is 2. The van der Waals surface area contributed by atoms with Crippen molar-refractivity contribution in [2.45, 2.75) is 50.5 Å². The molecule has 1 saturated heterocycles. The minimum Gasteiger partial charge on any atom is -0.349 e. The van der Waals surface area contributed by atoms with Gasteiger partial charge in [-0.25, -0.2) is 18.2 Å². The zero-order valence-electron chi connectivity index (χ0n) is 22.6. The van der Waals surface area contributed by atoms with E-state index in [9.17, 15) is 27.6 Å². The molecule has 8 nitrogen and oxygen atoms in total. The highest BCUT2D eigenvalue weighted by Gasteiger charge is 2.59. The number of halogens is 4. The lowest BCUT2D eigenvalue weighted by molar-refractivity contribution is -0.128. The zero-order chi connectivity index (χ0) is 29.8. The predicted molar refractivity (Wildman–Crippen MR) is 151 cm³/mol. The normalized spacial score (nSPS) is 21.0. The van der Waals surface area contributed by atoms with Gasteiger partial charge in [-0.15, -0.1) is 11.3 Å². The number of hydrogen-bond acceptors (Lipinski definition) is 6. The molecule has 3 aliphatic rings. The van der Waals surface area contributed by atoms with Gasteiger partial charge in [-0.2, -0.15) is 0 Å². The van der Waals surface area contributed by atoms with Crippen LogP contribution in [0.1, 0.15) is 69.2 Å². The van der Waals surface area contributed by atoms with Crippen molar-refractivity contribution in [3.05, 3.63) is 74.2 Å². The number of thiazole rings is 1. The number of likely N-dealkylation sites (tertiary alicyclic amines) is 1. The number of rotatable bonds is 6. The molecule has 2 aliphatic heterocycles. The van der Waals surface area contributed by atoms with E-state index in [1.54, 1.807) is 21.2 Å². The van der Waals surface area contributed by atoms with E-state index in [0.717, 1.165) is 16.8 Å². The third-order valence-corrected chi connectivity index (χ3v) is 9.41. The smallest absolute Gasteiger partial charge is 0.281 e. The second-order valence-electron chi connectivity index (χ2n) is 11.2. The van der Waals surface area contributed by atoms with Crippen molar-refractivity contribution in [1.82, 2.24) is 20.2 Å². The SMILES string of the molecule is Cc1nc(C(=O)N2CC3(C2)C(=O)N(C[C@H]2CC[C@H](NC(=O)c4cc(Cl)cnc4C(F)F)CC2)c2cc(F)ccc23)cs1. The molecule has 1 saturated carbocycles. The number of aryl methyl sites for hydroxylation is 1. The van der Waals surface area contributed by atoms with E-state index in [2.05, 4.69) is 15.3 Å². The van der Waals surface area contributed by atoms with Crippen molar-refractivity contribution >= 4 is 46.3 Å². The lowest BCUT2D eigenvalue weighted by Gasteiger charge is -2.46. The van der Waals surface area contributed by atoms with E-state index in [0.29, 0.717) is 43.6 Å². The number of nitrogens with zero attached hydrogens (tertiary/aromatic N) is 4. The molecular weight excluding hydrogens is 591 g/mol. The van der Waals surface area contributed by atoms with Crippen LogP contribution in [0.2, 0.25) is 5.02 Å². The van der Waals surface area contributed by atoms with Crippen LogP contribution in [0.3, 0.4) is 0 Å². The van der Waals surface area contributed by atoms with Crippen molar-refractivity contribution in [3.8, 4) is 0 Å². The number of carbonyl (C=O) groups excluding carboxylic acids is 3. The fourth-order valence-corrected chi connectivity index (χ4v) is 7.04. The summed E-state index contributed by atoms with van der Waals surface area (Å²) >= 11 is 7.27. The average Bonchev–Trinajstić information content (AvgIpc) is 3.47. The quantitative estimate of drug-likeness (QED) is 0.405. The van der Waals surface area contributed by atoms with Crippen molar-refractivity contribution in [2.24, 2.45) is 5.92 Å². The summed E-state index contributed by atoms with van der Waals surface area (Å²) in [6.45, 7) is 2.61. The van der Waals surface area contributed by atoms with E-state index in [-0.39, 0.29) is 47.4 Å². The van der Waals surface area contributed by atoms with E-state index >= 15 is 0 Å². The average molecular weight is 618 g/mol. The largest absolute Gasteiger partial charge is 0.349 e. The second kappa shape index (κ2) is 11.0. The Morgan fingerprint density at radius 2 is 1.93 bits per heavy atom. The van der Waals surface area contributed by atoms with Crippen LogP contribution in [0.25, 0.3) is 0 Å². The Hall–Kier alpha value is -3.51. The molecule has 0 bridgehead atoms. The van der Waals surface area contributed by atoms with Gasteiger partial charge in [0, 0.05) is 37.3 Å². The van der Waals surface area contributed by atoms with E-state index < -0.39 is 29.3 Å². The molecule has 0 unspecified atom stereocenters. The molecule has 3 amide bonds. The maximum Gasteiger partial charge on any atom is 0.281 e. The predicted octanol–water partition coefficient (Wildman–Crippen LogP) is 5.31. The Labute approximate surface area is 248 Å². The van der Waals surface area contributed by atoms with Gasteiger partial charge >= 0.3 is 0 Å². The lowest BCUT2D eigenvalue weighted by atomic mass is 9.74. The Morgan fingerprint density at radius 3 is 2.60 bits per heavy atom. The molecule has 2 aromatic heterocycles. The topological polar surface area (TPSA) is 95.5 Å². The zero-order valence-corrected chi connectivity index (χ0v) is 24.2. The Bertz CT molecular complexity index is 1570. The van der Waals surface area contributed by atoms with Gasteiger partial charge in [0.1, 0.15) is 22.6 Å². The summed E-state index contributed by atoms with van der Waals surface area (Å²) < 4.78 is 41.1. The molecule has 1 spiro atoms. The van der Waals surface area contributed by atoms with E-state index in [4.69, 9.17) is 11.6 Å². The molecule has 13 heteroatoms. The summed E-state index contributed by atoms with van der Waals surface area (Å²) in [6, 6.07) is 5.32. The highest BCUT2D eigenvalue weighted by Crippen LogP contribution is 2.48. The number of pyridine rings is 1. The standard InChI is InChI=1S/C29H27ClF3N5O3S/c1-15-35-22(12-42-15)27(40)37-13-29(14-37)21-7-4-18(31)9-23(21)38(28(29)41)11-16-2-5-19(6-3-16)36-26(39)20-8-17(30)10-34-24(20)25(32)33/h4,7-10,12,16,19,25H,2-3,5-6,11,13-14H2,1H3,(H,36,39)/t16-,19-. The van der Waals surface area contributed by atoms with Gasteiger partial charge in [-0.3, -0.25) is 19.4 Å². The van der Waals surface area contributed by atoms with Crippen LogP contribution < -0.4 is 10.2 Å². The number of hydrogen-bond donors (Lipinski definition) is 1. The molecule has 1 N–H and O–H groups in total.